The Morgan fingerprint density at radius 3 is 2.53 bits per heavy atom. The molecule has 0 saturated heterocycles. The molecule has 3 nitrogen and oxygen atoms in total. The van der Waals surface area contributed by atoms with Crippen molar-refractivity contribution >= 4 is 5.91 Å². The zero-order chi connectivity index (χ0) is 13.3. The highest BCUT2D eigenvalue weighted by molar-refractivity contribution is 5.89. The van der Waals surface area contributed by atoms with Crippen molar-refractivity contribution in [1.82, 2.24) is 5.32 Å². The number of hydrogen-bond donors (Lipinski definition) is 2. The predicted octanol–water partition coefficient (Wildman–Crippen LogP) is 1.96. The normalized spacial score (nSPS) is 22.4. The molecule has 3 rings (SSSR count). The van der Waals surface area contributed by atoms with Gasteiger partial charge in [-0.05, 0) is 37.2 Å². The third-order valence-electron chi connectivity index (χ3n) is 4.69. The Morgan fingerprint density at radius 2 is 2.00 bits per heavy atom. The third-order valence-corrected chi connectivity index (χ3v) is 4.69. The molecule has 1 atom stereocenters. The van der Waals surface area contributed by atoms with Crippen molar-refractivity contribution in [3.63, 3.8) is 0 Å². The fourth-order valence-corrected chi connectivity index (χ4v) is 3.01. The van der Waals surface area contributed by atoms with E-state index < -0.39 is 0 Å². The van der Waals surface area contributed by atoms with Crippen LogP contribution < -0.4 is 11.1 Å². The lowest BCUT2D eigenvalue weighted by Crippen LogP contribution is -2.51. The summed E-state index contributed by atoms with van der Waals surface area (Å²) in [6, 6.07) is 10.3. The molecule has 0 aliphatic heterocycles. The lowest BCUT2D eigenvalue weighted by atomic mass is 9.64. The van der Waals surface area contributed by atoms with Gasteiger partial charge in [0, 0.05) is 12.6 Å². The van der Waals surface area contributed by atoms with Gasteiger partial charge in [-0.25, -0.2) is 0 Å². The first kappa shape index (κ1) is 12.7. The van der Waals surface area contributed by atoms with Gasteiger partial charge in [0.25, 0.3) is 0 Å². The van der Waals surface area contributed by atoms with Crippen LogP contribution in [0.2, 0.25) is 0 Å². The first-order valence-electron chi connectivity index (χ1n) is 7.32. The largest absolute Gasteiger partial charge is 0.354 e. The van der Waals surface area contributed by atoms with E-state index >= 15 is 0 Å². The Morgan fingerprint density at radius 1 is 1.32 bits per heavy atom. The van der Waals surface area contributed by atoms with E-state index in [1.807, 2.05) is 18.2 Å². The molecule has 1 unspecified atom stereocenters. The Bertz CT molecular complexity index is 449. The van der Waals surface area contributed by atoms with E-state index in [0.717, 1.165) is 24.8 Å². The summed E-state index contributed by atoms with van der Waals surface area (Å²) in [5, 5.41) is 3.08. The van der Waals surface area contributed by atoms with E-state index in [0.29, 0.717) is 12.5 Å². The Labute approximate surface area is 114 Å². The van der Waals surface area contributed by atoms with Crippen molar-refractivity contribution in [2.75, 3.05) is 6.54 Å². The zero-order valence-electron chi connectivity index (χ0n) is 11.3. The molecule has 0 bridgehead atoms. The lowest BCUT2D eigenvalue weighted by molar-refractivity contribution is -0.130. The molecular formula is C16H22N2O. The van der Waals surface area contributed by atoms with Gasteiger partial charge in [-0.1, -0.05) is 36.8 Å². The molecule has 0 heterocycles. The minimum Gasteiger partial charge on any atom is -0.354 e. The molecule has 19 heavy (non-hydrogen) atoms. The number of rotatable bonds is 5. The molecule has 0 radical (unpaired) electrons. The van der Waals surface area contributed by atoms with Gasteiger partial charge in [-0.3, -0.25) is 4.79 Å². The smallest absolute Gasteiger partial charge is 0.230 e. The van der Waals surface area contributed by atoms with Crippen molar-refractivity contribution in [3.8, 4) is 0 Å². The molecule has 2 fully saturated rings. The molecule has 1 aromatic rings. The van der Waals surface area contributed by atoms with Crippen molar-refractivity contribution in [1.29, 1.82) is 0 Å². The van der Waals surface area contributed by atoms with Crippen LogP contribution in [0.5, 0.6) is 0 Å². The molecule has 2 saturated carbocycles. The van der Waals surface area contributed by atoms with Crippen LogP contribution in [0, 0.1) is 5.92 Å². The molecule has 102 valence electrons. The van der Waals surface area contributed by atoms with E-state index in [-0.39, 0.29) is 17.4 Å². The highest BCUT2D eigenvalue weighted by Gasteiger charge is 2.45. The topological polar surface area (TPSA) is 55.1 Å². The zero-order valence-corrected chi connectivity index (χ0v) is 11.3. The van der Waals surface area contributed by atoms with Gasteiger partial charge >= 0.3 is 0 Å². The molecule has 3 N–H and O–H groups in total. The second-order valence-electron chi connectivity index (χ2n) is 6.01. The number of carbonyl (C=O) groups excluding carboxylic acids is 1. The van der Waals surface area contributed by atoms with Crippen LogP contribution in [0.3, 0.4) is 0 Å². The molecule has 0 aromatic heterocycles. The van der Waals surface area contributed by atoms with Crippen LogP contribution in [0.1, 0.15) is 37.7 Å². The monoisotopic (exact) mass is 258 g/mol. The summed E-state index contributed by atoms with van der Waals surface area (Å²) in [5.74, 6) is 0.801. The standard InChI is InChI=1S/C16H22N2O/c17-14(12-7-8-12)11-18-15(19)16(9-4-10-16)13-5-2-1-3-6-13/h1-3,5-6,12,14H,4,7-11,17H2,(H,18,19). The fourth-order valence-electron chi connectivity index (χ4n) is 3.01. The number of nitrogens with one attached hydrogen (secondary N) is 1. The van der Waals surface area contributed by atoms with Crippen molar-refractivity contribution in [2.45, 2.75) is 43.6 Å². The number of hydrogen-bond acceptors (Lipinski definition) is 2. The van der Waals surface area contributed by atoms with E-state index in [9.17, 15) is 4.79 Å². The highest BCUT2D eigenvalue weighted by Crippen LogP contribution is 2.43. The summed E-state index contributed by atoms with van der Waals surface area (Å²) in [5.41, 5.74) is 6.92. The molecule has 0 spiro atoms. The van der Waals surface area contributed by atoms with Crippen LogP contribution in [-0.4, -0.2) is 18.5 Å². The fraction of sp³-hybridized carbons (Fsp3) is 0.562. The Balaban J connectivity index is 1.66. The molecular weight excluding hydrogens is 236 g/mol. The Hall–Kier alpha value is -1.35. The van der Waals surface area contributed by atoms with E-state index in [1.165, 1.54) is 12.8 Å². The van der Waals surface area contributed by atoms with E-state index in [1.54, 1.807) is 0 Å². The maximum atomic E-state index is 12.5. The number of carbonyl (C=O) groups is 1. The first-order valence-corrected chi connectivity index (χ1v) is 7.32. The lowest BCUT2D eigenvalue weighted by Gasteiger charge is -2.41. The summed E-state index contributed by atoms with van der Waals surface area (Å²) in [4.78, 5) is 12.5. The summed E-state index contributed by atoms with van der Waals surface area (Å²) in [7, 11) is 0. The third kappa shape index (κ3) is 2.39. The minimum atomic E-state index is -0.287. The average Bonchev–Trinajstić information content (AvgIpc) is 3.20. The summed E-state index contributed by atoms with van der Waals surface area (Å²) < 4.78 is 0. The predicted molar refractivity (Wildman–Crippen MR) is 75.7 cm³/mol. The highest BCUT2D eigenvalue weighted by atomic mass is 16.2. The van der Waals surface area contributed by atoms with Crippen molar-refractivity contribution in [2.24, 2.45) is 11.7 Å². The number of benzene rings is 1. The molecule has 1 amide bonds. The summed E-state index contributed by atoms with van der Waals surface area (Å²) in [6.45, 7) is 0.623. The van der Waals surface area contributed by atoms with E-state index in [4.69, 9.17) is 5.73 Å². The van der Waals surface area contributed by atoms with Gasteiger partial charge in [0.05, 0.1) is 5.41 Å². The molecule has 1 aromatic carbocycles. The van der Waals surface area contributed by atoms with E-state index in [2.05, 4.69) is 17.4 Å². The number of amides is 1. The molecule has 2 aliphatic rings. The summed E-state index contributed by atoms with van der Waals surface area (Å²) in [6.07, 6.45) is 5.50. The molecule has 2 aliphatic carbocycles. The van der Waals surface area contributed by atoms with Gasteiger partial charge in [-0.2, -0.15) is 0 Å². The average molecular weight is 258 g/mol. The maximum absolute atomic E-state index is 12.5. The van der Waals surface area contributed by atoms with Crippen LogP contribution in [0.15, 0.2) is 30.3 Å². The van der Waals surface area contributed by atoms with Crippen molar-refractivity contribution < 1.29 is 4.79 Å². The van der Waals surface area contributed by atoms with Crippen molar-refractivity contribution in [3.05, 3.63) is 35.9 Å². The van der Waals surface area contributed by atoms with Crippen LogP contribution in [0.4, 0.5) is 0 Å². The van der Waals surface area contributed by atoms with Gasteiger partial charge < -0.3 is 11.1 Å². The van der Waals surface area contributed by atoms with Crippen LogP contribution in [0.25, 0.3) is 0 Å². The van der Waals surface area contributed by atoms with Gasteiger partial charge in [0.1, 0.15) is 0 Å². The summed E-state index contributed by atoms with van der Waals surface area (Å²) >= 11 is 0. The SMILES string of the molecule is NC(CNC(=O)C1(c2ccccc2)CCC1)C1CC1. The first-order chi connectivity index (χ1) is 9.22. The number of nitrogens with two attached hydrogens (primary N) is 1. The maximum Gasteiger partial charge on any atom is 0.230 e. The molecule has 3 heteroatoms. The van der Waals surface area contributed by atoms with Gasteiger partial charge in [0.2, 0.25) is 5.91 Å². The Kier molecular flexibility index (Phi) is 3.31. The quantitative estimate of drug-likeness (QED) is 0.848. The second-order valence-corrected chi connectivity index (χ2v) is 6.01. The van der Waals surface area contributed by atoms with Gasteiger partial charge in [0.15, 0.2) is 0 Å². The van der Waals surface area contributed by atoms with Gasteiger partial charge in [-0.15, -0.1) is 0 Å². The minimum absolute atomic E-state index is 0.136. The van der Waals surface area contributed by atoms with Crippen LogP contribution in [-0.2, 0) is 10.2 Å². The second kappa shape index (κ2) is 4.97. The van der Waals surface area contributed by atoms with Crippen LogP contribution >= 0.6 is 0 Å².